The molecule has 3 aromatic rings. The van der Waals surface area contributed by atoms with Gasteiger partial charge in [-0.1, -0.05) is 42.5 Å². The van der Waals surface area contributed by atoms with Crippen molar-refractivity contribution in [2.24, 2.45) is 5.73 Å². The number of rotatable bonds is 4. The van der Waals surface area contributed by atoms with E-state index in [9.17, 15) is 4.79 Å². The van der Waals surface area contributed by atoms with Crippen LogP contribution in [-0.4, -0.2) is 20.7 Å². The molecule has 1 unspecified atom stereocenters. The van der Waals surface area contributed by atoms with Crippen LogP contribution >= 0.6 is 11.3 Å². The summed E-state index contributed by atoms with van der Waals surface area (Å²) in [5, 5.41) is 6.67. The molecule has 0 radical (unpaired) electrons. The van der Waals surface area contributed by atoms with Gasteiger partial charge >= 0.3 is 0 Å². The van der Waals surface area contributed by atoms with E-state index in [1.807, 2.05) is 22.3 Å². The molecule has 1 atom stereocenters. The summed E-state index contributed by atoms with van der Waals surface area (Å²) < 4.78 is 2.03. The standard InChI is InChI=1S/C20H18N4OS/c21-19(25)18-15-8-9-20(17-11-26-12-22-17,13-4-2-1-3-5-13)10-16(15)24(23-18)14-6-7-14/h1-5,8-9,11-12,14H,6-7,10H2,(H2,21,25). The van der Waals surface area contributed by atoms with Crippen LogP contribution in [0.5, 0.6) is 0 Å². The highest BCUT2D eigenvalue weighted by Gasteiger charge is 2.41. The zero-order valence-electron chi connectivity index (χ0n) is 14.1. The number of allylic oxidation sites excluding steroid dienone is 1. The molecule has 5 rings (SSSR count). The molecule has 1 fully saturated rings. The van der Waals surface area contributed by atoms with E-state index in [1.54, 1.807) is 11.3 Å². The second kappa shape index (κ2) is 5.64. The smallest absolute Gasteiger partial charge is 0.269 e. The third-order valence-electron chi connectivity index (χ3n) is 5.34. The molecule has 0 saturated heterocycles. The quantitative estimate of drug-likeness (QED) is 0.774. The topological polar surface area (TPSA) is 73.8 Å². The fraction of sp³-hybridized carbons (Fsp3) is 0.250. The zero-order valence-corrected chi connectivity index (χ0v) is 14.9. The molecule has 1 amide bonds. The summed E-state index contributed by atoms with van der Waals surface area (Å²) in [6, 6.07) is 10.8. The van der Waals surface area contributed by atoms with E-state index in [4.69, 9.17) is 5.73 Å². The molecule has 2 aliphatic carbocycles. The molecule has 2 N–H and O–H groups in total. The van der Waals surface area contributed by atoms with Crippen LogP contribution < -0.4 is 5.73 Å². The van der Waals surface area contributed by atoms with E-state index >= 15 is 0 Å². The number of hydrogen-bond acceptors (Lipinski definition) is 4. The van der Waals surface area contributed by atoms with Gasteiger partial charge in [0.05, 0.1) is 22.7 Å². The van der Waals surface area contributed by atoms with Crippen molar-refractivity contribution >= 4 is 23.3 Å². The Balaban J connectivity index is 1.72. The molecule has 130 valence electrons. The van der Waals surface area contributed by atoms with Crippen LogP contribution in [0.15, 0.2) is 47.3 Å². The first-order valence-corrected chi connectivity index (χ1v) is 9.68. The number of aromatic nitrogens is 3. The number of primary amides is 1. The van der Waals surface area contributed by atoms with Gasteiger partial charge in [0.1, 0.15) is 0 Å². The van der Waals surface area contributed by atoms with E-state index in [1.165, 1.54) is 5.56 Å². The summed E-state index contributed by atoms with van der Waals surface area (Å²) >= 11 is 1.60. The van der Waals surface area contributed by atoms with Crippen LogP contribution in [0.25, 0.3) is 6.08 Å². The van der Waals surface area contributed by atoms with Gasteiger partial charge < -0.3 is 5.73 Å². The Morgan fingerprint density at radius 2 is 2.08 bits per heavy atom. The molecular formula is C20H18N4OS. The minimum absolute atomic E-state index is 0.351. The molecule has 2 aromatic heterocycles. The first-order chi connectivity index (χ1) is 12.7. The molecule has 0 spiro atoms. The molecule has 0 aliphatic heterocycles. The number of benzene rings is 1. The maximum Gasteiger partial charge on any atom is 0.269 e. The molecule has 1 aromatic carbocycles. The fourth-order valence-electron chi connectivity index (χ4n) is 3.88. The van der Waals surface area contributed by atoms with Gasteiger partial charge in [0.25, 0.3) is 5.91 Å². The van der Waals surface area contributed by atoms with Gasteiger partial charge in [-0.15, -0.1) is 11.3 Å². The first-order valence-electron chi connectivity index (χ1n) is 8.74. The van der Waals surface area contributed by atoms with Crippen LogP contribution in [-0.2, 0) is 11.8 Å². The van der Waals surface area contributed by atoms with E-state index in [-0.39, 0.29) is 5.41 Å². The van der Waals surface area contributed by atoms with Gasteiger partial charge in [-0.25, -0.2) is 4.98 Å². The van der Waals surface area contributed by atoms with Crippen LogP contribution in [0, 0.1) is 0 Å². The number of amides is 1. The van der Waals surface area contributed by atoms with Gasteiger partial charge in [0.15, 0.2) is 5.69 Å². The zero-order chi connectivity index (χ0) is 17.7. The molecule has 6 heteroatoms. The predicted molar refractivity (Wildman–Crippen MR) is 101 cm³/mol. The van der Waals surface area contributed by atoms with Crippen molar-refractivity contribution in [1.29, 1.82) is 0 Å². The third-order valence-corrected chi connectivity index (χ3v) is 5.92. The van der Waals surface area contributed by atoms with Crippen molar-refractivity contribution in [2.45, 2.75) is 30.7 Å². The molecule has 26 heavy (non-hydrogen) atoms. The third kappa shape index (κ3) is 2.25. The van der Waals surface area contributed by atoms with Crippen molar-refractivity contribution in [2.75, 3.05) is 0 Å². The summed E-state index contributed by atoms with van der Waals surface area (Å²) in [5.41, 5.74) is 11.7. The highest BCUT2D eigenvalue weighted by atomic mass is 32.1. The second-order valence-corrected chi connectivity index (χ2v) is 7.69. The summed E-state index contributed by atoms with van der Waals surface area (Å²) in [4.78, 5) is 16.5. The summed E-state index contributed by atoms with van der Waals surface area (Å²) in [5.74, 6) is -0.467. The maximum atomic E-state index is 11.9. The summed E-state index contributed by atoms with van der Waals surface area (Å²) in [7, 11) is 0. The van der Waals surface area contributed by atoms with E-state index in [0.29, 0.717) is 11.7 Å². The van der Waals surface area contributed by atoms with Gasteiger partial charge in [-0.3, -0.25) is 9.48 Å². The number of hydrogen-bond donors (Lipinski definition) is 1. The molecule has 2 heterocycles. The molecule has 2 aliphatic rings. The van der Waals surface area contributed by atoms with Gasteiger partial charge in [-0.05, 0) is 18.4 Å². The van der Waals surface area contributed by atoms with Crippen molar-refractivity contribution in [3.63, 3.8) is 0 Å². The fourth-order valence-corrected chi connectivity index (χ4v) is 4.51. The average Bonchev–Trinajstić information content (AvgIpc) is 3.21. The van der Waals surface area contributed by atoms with Crippen molar-refractivity contribution in [1.82, 2.24) is 14.8 Å². The van der Waals surface area contributed by atoms with E-state index in [0.717, 1.165) is 36.2 Å². The van der Waals surface area contributed by atoms with Crippen LogP contribution in [0.2, 0.25) is 0 Å². The highest BCUT2D eigenvalue weighted by molar-refractivity contribution is 7.07. The number of carbonyl (C=O) groups excluding carboxylic acids is 1. The Hall–Kier alpha value is -2.73. The molecular weight excluding hydrogens is 344 g/mol. The summed E-state index contributed by atoms with van der Waals surface area (Å²) in [6.45, 7) is 0. The van der Waals surface area contributed by atoms with E-state index < -0.39 is 5.91 Å². The van der Waals surface area contributed by atoms with Crippen molar-refractivity contribution in [3.8, 4) is 0 Å². The number of nitrogens with zero attached hydrogens (tertiary/aromatic N) is 3. The van der Waals surface area contributed by atoms with Crippen molar-refractivity contribution in [3.05, 3.63) is 75.5 Å². The number of carbonyl (C=O) groups is 1. The van der Waals surface area contributed by atoms with Crippen LogP contribution in [0.3, 0.4) is 0 Å². The molecule has 0 bridgehead atoms. The predicted octanol–water partition coefficient (Wildman–Crippen LogP) is 3.33. The number of fused-ring (bicyclic) bond motifs is 1. The first kappa shape index (κ1) is 15.5. The number of thiazole rings is 1. The Labute approximate surface area is 155 Å². The van der Waals surface area contributed by atoms with E-state index in [2.05, 4.69) is 45.8 Å². The Morgan fingerprint density at radius 3 is 2.73 bits per heavy atom. The Kier molecular flexibility index (Phi) is 3.37. The van der Waals surface area contributed by atoms with Gasteiger partial charge in [0, 0.05) is 23.1 Å². The molecule has 1 saturated carbocycles. The SMILES string of the molecule is NC(=O)c1nn(C2CC2)c2c1C=CC(c1ccccc1)(c1cscn1)C2. The molecule has 5 nitrogen and oxygen atoms in total. The number of nitrogens with two attached hydrogens (primary N) is 1. The highest BCUT2D eigenvalue weighted by Crippen LogP contribution is 2.45. The van der Waals surface area contributed by atoms with Crippen molar-refractivity contribution < 1.29 is 4.79 Å². The largest absolute Gasteiger partial charge is 0.364 e. The lowest BCUT2D eigenvalue weighted by Crippen LogP contribution is -2.32. The lowest BCUT2D eigenvalue weighted by Gasteiger charge is -2.33. The summed E-state index contributed by atoms with van der Waals surface area (Å²) in [6.07, 6.45) is 7.10. The van der Waals surface area contributed by atoms with Crippen LogP contribution in [0.4, 0.5) is 0 Å². The maximum absolute atomic E-state index is 11.9. The lowest BCUT2D eigenvalue weighted by molar-refractivity contribution is 0.0994. The second-order valence-electron chi connectivity index (χ2n) is 6.97. The average molecular weight is 362 g/mol. The minimum Gasteiger partial charge on any atom is -0.364 e. The Morgan fingerprint density at radius 1 is 1.27 bits per heavy atom. The Bertz CT molecular complexity index is 1000. The van der Waals surface area contributed by atoms with Crippen LogP contribution in [0.1, 0.15) is 51.9 Å². The normalized spacial score (nSPS) is 21.5. The van der Waals surface area contributed by atoms with Gasteiger partial charge in [-0.2, -0.15) is 5.10 Å². The lowest BCUT2D eigenvalue weighted by atomic mass is 9.71. The van der Waals surface area contributed by atoms with Gasteiger partial charge in [0.2, 0.25) is 0 Å². The minimum atomic E-state index is -0.467. The monoisotopic (exact) mass is 362 g/mol.